The van der Waals surface area contributed by atoms with E-state index < -0.39 is 0 Å². The molecule has 0 N–H and O–H groups in total. The van der Waals surface area contributed by atoms with Crippen molar-refractivity contribution in [3.05, 3.63) is 143 Å². The number of nitrogens with zero attached hydrogens (tertiary/aromatic N) is 2. The van der Waals surface area contributed by atoms with E-state index in [0.29, 0.717) is 5.56 Å². The Morgan fingerprint density at radius 3 is 1.89 bits per heavy atom. The van der Waals surface area contributed by atoms with Gasteiger partial charge in [-0.25, -0.2) is 0 Å². The molecule has 0 amide bonds. The quantitative estimate of drug-likeness (QED) is 0.274. The van der Waals surface area contributed by atoms with E-state index in [1.807, 2.05) is 12.1 Å². The fourth-order valence-electron chi connectivity index (χ4n) is 5.29. The Bertz CT molecular complexity index is 1640. The Labute approximate surface area is 205 Å². The Balaban J connectivity index is 1.70. The summed E-state index contributed by atoms with van der Waals surface area (Å²) >= 11 is 0. The van der Waals surface area contributed by atoms with E-state index in [1.54, 1.807) is 0 Å². The Kier molecular flexibility index (Phi) is 5.17. The van der Waals surface area contributed by atoms with Crippen molar-refractivity contribution in [1.29, 1.82) is 5.26 Å². The number of hydrogen-bond acceptors (Lipinski definition) is 1. The largest absolute Gasteiger partial charge is 0.350 e. The summed E-state index contributed by atoms with van der Waals surface area (Å²) < 4.78 is 2.22. The lowest BCUT2D eigenvalue weighted by molar-refractivity contribution is 0.967. The molecule has 1 heterocycles. The van der Waals surface area contributed by atoms with Gasteiger partial charge in [-0.1, -0.05) is 91.0 Å². The molecule has 1 aliphatic rings. The van der Waals surface area contributed by atoms with Crippen LogP contribution in [0.15, 0.2) is 115 Å². The summed E-state index contributed by atoms with van der Waals surface area (Å²) in [6.45, 7) is 0. The first-order chi connectivity index (χ1) is 17.2. The summed E-state index contributed by atoms with van der Waals surface area (Å²) in [4.78, 5) is 0. The van der Waals surface area contributed by atoms with E-state index in [-0.39, 0.29) is 0 Å². The number of hydrogen-bond donors (Lipinski definition) is 0. The Hall–Kier alpha value is -4.61. The number of para-hydroxylation sites is 1. The van der Waals surface area contributed by atoms with Crippen LogP contribution in [0.3, 0.4) is 0 Å². The third kappa shape index (κ3) is 3.59. The van der Waals surface area contributed by atoms with E-state index in [0.717, 1.165) is 12.0 Å². The van der Waals surface area contributed by atoms with E-state index in [4.69, 9.17) is 0 Å². The van der Waals surface area contributed by atoms with Crippen LogP contribution in [0, 0.1) is 11.3 Å². The van der Waals surface area contributed by atoms with Gasteiger partial charge in [0.1, 0.15) is 0 Å². The van der Waals surface area contributed by atoms with Crippen molar-refractivity contribution in [2.75, 3.05) is 0 Å². The van der Waals surface area contributed by atoms with Gasteiger partial charge in [0, 0.05) is 29.7 Å². The highest BCUT2D eigenvalue weighted by molar-refractivity contribution is 6.29. The molecule has 2 nitrogen and oxygen atoms in total. The van der Waals surface area contributed by atoms with Crippen LogP contribution in [0.5, 0.6) is 0 Å². The summed E-state index contributed by atoms with van der Waals surface area (Å²) in [5.41, 5.74) is 11.9. The molecule has 4 aromatic carbocycles. The van der Waals surface area contributed by atoms with Gasteiger partial charge >= 0.3 is 0 Å². The van der Waals surface area contributed by atoms with Crippen LogP contribution in [0.25, 0.3) is 33.2 Å². The number of aromatic nitrogens is 1. The molecule has 2 heteroatoms. The second-order valence-corrected chi connectivity index (χ2v) is 8.98. The predicted octanol–water partition coefficient (Wildman–Crippen LogP) is 7.98. The van der Waals surface area contributed by atoms with Gasteiger partial charge in [0.2, 0.25) is 0 Å². The maximum Gasteiger partial charge on any atom is 0.0991 e. The van der Waals surface area contributed by atoms with Gasteiger partial charge < -0.3 is 4.57 Å². The molecule has 35 heavy (non-hydrogen) atoms. The molecule has 1 aliphatic carbocycles. The van der Waals surface area contributed by atoms with Gasteiger partial charge in [0.05, 0.1) is 11.6 Å². The van der Waals surface area contributed by atoms with Crippen molar-refractivity contribution < 1.29 is 0 Å². The second-order valence-electron chi connectivity index (χ2n) is 8.98. The van der Waals surface area contributed by atoms with Gasteiger partial charge in [-0.2, -0.15) is 5.26 Å². The molecule has 0 bridgehead atoms. The van der Waals surface area contributed by atoms with Gasteiger partial charge in [-0.05, 0) is 63.6 Å². The van der Waals surface area contributed by atoms with Crippen molar-refractivity contribution in [3.8, 4) is 6.07 Å². The summed E-state index contributed by atoms with van der Waals surface area (Å²) in [7, 11) is 2.12. The minimum Gasteiger partial charge on any atom is -0.350 e. The summed E-state index contributed by atoms with van der Waals surface area (Å²) in [5, 5.41) is 10.6. The van der Waals surface area contributed by atoms with Gasteiger partial charge in [0.15, 0.2) is 0 Å². The minimum absolute atomic E-state index is 0.679. The molecule has 1 aromatic heterocycles. The number of fused-ring (bicyclic) bond motifs is 1. The average molecular weight is 449 g/mol. The average Bonchev–Trinajstić information content (AvgIpc) is 3.48. The molecule has 6 rings (SSSR count). The number of allylic oxidation sites excluding steroid dienone is 4. The normalized spacial score (nSPS) is 13.5. The maximum atomic E-state index is 9.35. The first-order valence-corrected chi connectivity index (χ1v) is 11.9. The molecular weight excluding hydrogens is 424 g/mol. The van der Waals surface area contributed by atoms with E-state index in [2.05, 4.69) is 121 Å². The zero-order valence-corrected chi connectivity index (χ0v) is 19.6. The van der Waals surface area contributed by atoms with Crippen LogP contribution in [-0.4, -0.2) is 4.57 Å². The van der Waals surface area contributed by atoms with Crippen LogP contribution in [0.4, 0.5) is 0 Å². The monoisotopic (exact) mass is 448 g/mol. The zero-order chi connectivity index (χ0) is 23.8. The SMILES string of the molecule is Cn1cc(C2=C(c3ccc(C#N)cc3)CC(c3ccccc3)=C2c2ccccc2)c2ccccc21. The molecule has 0 aliphatic heterocycles. The highest BCUT2D eigenvalue weighted by atomic mass is 14.9. The number of nitriles is 1. The van der Waals surface area contributed by atoms with Gasteiger partial charge in [0.25, 0.3) is 0 Å². The molecule has 166 valence electrons. The lowest BCUT2D eigenvalue weighted by Crippen LogP contribution is -1.92. The van der Waals surface area contributed by atoms with Gasteiger partial charge in [-0.3, -0.25) is 0 Å². The van der Waals surface area contributed by atoms with Crippen LogP contribution < -0.4 is 0 Å². The van der Waals surface area contributed by atoms with Crippen LogP contribution in [0.2, 0.25) is 0 Å². The van der Waals surface area contributed by atoms with Crippen LogP contribution in [0.1, 0.15) is 34.2 Å². The zero-order valence-electron chi connectivity index (χ0n) is 19.6. The highest BCUT2D eigenvalue weighted by Crippen LogP contribution is 2.52. The minimum atomic E-state index is 0.679. The van der Waals surface area contributed by atoms with Crippen molar-refractivity contribution in [2.24, 2.45) is 7.05 Å². The van der Waals surface area contributed by atoms with E-state index in [1.165, 1.54) is 49.9 Å². The second kappa shape index (κ2) is 8.63. The fraction of sp³-hybridized carbons (Fsp3) is 0.0606. The molecule has 0 radical (unpaired) electrons. The third-order valence-electron chi connectivity index (χ3n) is 6.92. The topological polar surface area (TPSA) is 28.7 Å². The first kappa shape index (κ1) is 21.0. The number of aryl methyl sites for hydroxylation is 1. The lowest BCUT2D eigenvalue weighted by atomic mass is 9.89. The summed E-state index contributed by atoms with van der Waals surface area (Å²) in [6, 6.07) is 40.3. The molecule has 0 atom stereocenters. The summed E-state index contributed by atoms with van der Waals surface area (Å²) in [6.07, 6.45) is 3.10. The molecule has 0 unspecified atom stereocenters. The van der Waals surface area contributed by atoms with Crippen LogP contribution in [-0.2, 0) is 7.05 Å². The van der Waals surface area contributed by atoms with E-state index >= 15 is 0 Å². The number of benzene rings is 4. The number of rotatable bonds is 4. The molecule has 0 spiro atoms. The van der Waals surface area contributed by atoms with Crippen molar-refractivity contribution >= 4 is 33.2 Å². The molecule has 0 saturated heterocycles. The van der Waals surface area contributed by atoms with Crippen LogP contribution >= 0.6 is 0 Å². The lowest BCUT2D eigenvalue weighted by Gasteiger charge is -2.14. The van der Waals surface area contributed by atoms with E-state index in [9.17, 15) is 5.26 Å². The Morgan fingerprint density at radius 2 is 1.20 bits per heavy atom. The van der Waals surface area contributed by atoms with Crippen molar-refractivity contribution in [1.82, 2.24) is 4.57 Å². The molecule has 0 saturated carbocycles. The predicted molar refractivity (Wildman–Crippen MR) is 145 cm³/mol. The molecule has 0 fully saturated rings. The van der Waals surface area contributed by atoms with Gasteiger partial charge in [-0.15, -0.1) is 0 Å². The summed E-state index contributed by atoms with van der Waals surface area (Å²) in [5.74, 6) is 0. The maximum absolute atomic E-state index is 9.35. The smallest absolute Gasteiger partial charge is 0.0991 e. The van der Waals surface area contributed by atoms with Crippen molar-refractivity contribution in [2.45, 2.75) is 6.42 Å². The Morgan fingerprint density at radius 1 is 0.629 bits per heavy atom. The molecular formula is C33H24N2. The third-order valence-corrected chi connectivity index (χ3v) is 6.92. The highest BCUT2D eigenvalue weighted by Gasteiger charge is 2.30. The standard InChI is InChI=1S/C33H24N2/c1-35-22-30(27-14-8-9-15-31(27)35)33-29(25-18-16-23(21-34)17-19-25)20-28(24-10-4-2-5-11-24)32(33)26-12-6-3-7-13-26/h2-19,22H,20H2,1H3. The fourth-order valence-corrected chi connectivity index (χ4v) is 5.29. The molecule has 5 aromatic rings. The first-order valence-electron chi connectivity index (χ1n) is 11.9. The van der Waals surface area contributed by atoms with Crippen molar-refractivity contribution in [3.63, 3.8) is 0 Å².